The Balaban J connectivity index is 1.85. The first-order chi connectivity index (χ1) is 12.9. The van der Waals surface area contributed by atoms with E-state index in [1.807, 2.05) is 0 Å². The summed E-state index contributed by atoms with van der Waals surface area (Å²) in [5.74, 6) is -1.24. The SMILES string of the molecule is C[C@@H](NC(=O)COC(=O)/C=C/c1ccccc1[N+](=O)[O-])c1ccc(Cl)cc1. The van der Waals surface area contributed by atoms with Gasteiger partial charge in [-0.1, -0.05) is 35.9 Å². The van der Waals surface area contributed by atoms with Gasteiger partial charge in [0.2, 0.25) is 0 Å². The van der Waals surface area contributed by atoms with Gasteiger partial charge >= 0.3 is 5.97 Å². The molecule has 0 radical (unpaired) electrons. The van der Waals surface area contributed by atoms with Gasteiger partial charge in [-0.25, -0.2) is 4.79 Å². The number of benzene rings is 2. The average Bonchev–Trinajstić information content (AvgIpc) is 2.65. The van der Waals surface area contributed by atoms with Crippen molar-refractivity contribution in [2.45, 2.75) is 13.0 Å². The lowest BCUT2D eigenvalue weighted by Crippen LogP contribution is -2.30. The standard InChI is InChI=1S/C19H17ClN2O5/c1-13(14-6-9-16(20)10-7-14)21-18(23)12-27-19(24)11-8-15-4-2-3-5-17(15)22(25)26/h2-11,13H,12H2,1H3,(H,21,23)/b11-8+/t13-/m1/s1. The highest BCUT2D eigenvalue weighted by atomic mass is 35.5. The average molecular weight is 389 g/mol. The zero-order valence-electron chi connectivity index (χ0n) is 14.4. The molecule has 0 heterocycles. The van der Waals surface area contributed by atoms with E-state index in [1.54, 1.807) is 37.3 Å². The number of ether oxygens (including phenoxy) is 1. The number of halogens is 1. The molecule has 2 aromatic rings. The van der Waals surface area contributed by atoms with E-state index in [0.717, 1.165) is 11.6 Å². The van der Waals surface area contributed by atoms with Crippen molar-refractivity contribution in [1.82, 2.24) is 5.32 Å². The normalized spacial score (nSPS) is 11.8. The molecule has 0 aliphatic carbocycles. The number of rotatable bonds is 7. The molecule has 0 saturated carbocycles. The van der Waals surface area contributed by atoms with Crippen molar-refractivity contribution in [3.63, 3.8) is 0 Å². The topological polar surface area (TPSA) is 98.5 Å². The molecule has 8 heteroatoms. The molecular formula is C19H17ClN2O5. The molecule has 2 aromatic carbocycles. The fraction of sp³-hybridized carbons (Fsp3) is 0.158. The predicted molar refractivity (Wildman–Crippen MR) is 101 cm³/mol. The number of carbonyl (C=O) groups excluding carboxylic acids is 2. The van der Waals surface area contributed by atoms with E-state index in [0.29, 0.717) is 5.02 Å². The number of nitrogens with zero attached hydrogens (tertiary/aromatic N) is 1. The summed E-state index contributed by atoms with van der Waals surface area (Å²) in [5, 5.41) is 14.2. The van der Waals surface area contributed by atoms with Crippen molar-refractivity contribution in [3.05, 3.63) is 80.9 Å². The zero-order chi connectivity index (χ0) is 19.8. The minimum atomic E-state index is -0.776. The van der Waals surface area contributed by atoms with Gasteiger partial charge in [0, 0.05) is 17.2 Å². The minimum absolute atomic E-state index is 0.129. The van der Waals surface area contributed by atoms with Crippen LogP contribution >= 0.6 is 11.6 Å². The lowest BCUT2D eigenvalue weighted by molar-refractivity contribution is -0.385. The number of amides is 1. The molecule has 0 spiro atoms. The Kier molecular flexibility index (Phi) is 7.08. The number of esters is 1. The van der Waals surface area contributed by atoms with Gasteiger partial charge in [-0.15, -0.1) is 0 Å². The van der Waals surface area contributed by atoms with Crippen molar-refractivity contribution >= 4 is 35.2 Å². The van der Waals surface area contributed by atoms with E-state index in [1.165, 1.54) is 24.3 Å². The van der Waals surface area contributed by atoms with Crippen molar-refractivity contribution in [2.75, 3.05) is 6.61 Å². The maximum atomic E-state index is 11.9. The molecule has 1 atom stereocenters. The largest absolute Gasteiger partial charge is 0.452 e. The van der Waals surface area contributed by atoms with Crippen LogP contribution < -0.4 is 5.32 Å². The van der Waals surface area contributed by atoms with Crippen LogP contribution in [0.2, 0.25) is 5.02 Å². The van der Waals surface area contributed by atoms with E-state index in [4.69, 9.17) is 16.3 Å². The molecular weight excluding hydrogens is 372 g/mol. The number of nitro benzene ring substituents is 1. The van der Waals surface area contributed by atoms with Gasteiger partial charge in [-0.05, 0) is 36.8 Å². The Morgan fingerprint density at radius 2 is 1.89 bits per heavy atom. The molecule has 0 unspecified atom stereocenters. The predicted octanol–water partition coefficient (Wildman–Crippen LogP) is 3.68. The van der Waals surface area contributed by atoms with Crippen molar-refractivity contribution < 1.29 is 19.2 Å². The third-order valence-electron chi connectivity index (χ3n) is 3.63. The van der Waals surface area contributed by atoms with Gasteiger partial charge < -0.3 is 10.1 Å². The Morgan fingerprint density at radius 1 is 1.22 bits per heavy atom. The molecule has 0 aromatic heterocycles. The number of carbonyl (C=O) groups is 2. The molecule has 27 heavy (non-hydrogen) atoms. The number of nitro groups is 1. The lowest BCUT2D eigenvalue weighted by Gasteiger charge is -2.14. The van der Waals surface area contributed by atoms with Gasteiger partial charge in [-0.2, -0.15) is 0 Å². The van der Waals surface area contributed by atoms with Gasteiger partial charge in [0.15, 0.2) is 6.61 Å². The van der Waals surface area contributed by atoms with Crippen LogP contribution in [0.15, 0.2) is 54.6 Å². The second kappa shape index (κ2) is 9.49. The molecule has 140 valence electrons. The van der Waals surface area contributed by atoms with Gasteiger partial charge in [0.1, 0.15) is 0 Å². The quantitative estimate of drug-likeness (QED) is 0.337. The van der Waals surface area contributed by atoms with Crippen LogP contribution in [0.3, 0.4) is 0 Å². The third-order valence-corrected chi connectivity index (χ3v) is 3.88. The highest BCUT2D eigenvalue weighted by Gasteiger charge is 2.12. The number of nitrogens with one attached hydrogen (secondary N) is 1. The first-order valence-electron chi connectivity index (χ1n) is 8.00. The molecule has 1 N–H and O–H groups in total. The minimum Gasteiger partial charge on any atom is -0.452 e. The molecule has 0 aliphatic rings. The Labute approximate surface area is 160 Å². The first-order valence-corrected chi connectivity index (χ1v) is 8.37. The van der Waals surface area contributed by atoms with Crippen molar-refractivity contribution in [3.8, 4) is 0 Å². The van der Waals surface area contributed by atoms with E-state index < -0.39 is 23.4 Å². The summed E-state index contributed by atoms with van der Waals surface area (Å²) >= 11 is 5.82. The molecule has 2 rings (SSSR count). The van der Waals surface area contributed by atoms with E-state index in [9.17, 15) is 19.7 Å². The fourth-order valence-corrected chi connectivity index (χ4v) is 2.38. The molecule has 0 aliphatic heterocycles. The summed E-state index contributed by atoms with van der Waals surface area (Å²) in [6.45, 7) is 1.33. The van der Waals surface area contributed by atoms with Crippen LogP contribution in [0, 0.1) is 10.1 Å². The fourth-order valence-electron chi connectivity index (χ4n) is 2.26. The summed E-state index contributed by atoms with van der Waals surface area (Å²) in [7, 11) is 0. The van der Waals surface area contributed by atoms with Crippen LogP contribution in [-0.2, 0) is 14.3 Å². The molecule has 1 amide bonds. The molecule has 0 bridgehead atoms. The van der Waals surface area contributed by atoms with Crippen molar-refractivity contribution in [1.29, 1.82) is 0 Å². The molecule has 0 saturated heterocycles. The van der Waals surface area contributed by atoms with Gasteiger partial charge in [-0.3, -0.25) is 14.9 Å². The van der Waals surface area contributed by atoms with Crippen LogP contribution in [0.25, 0.3) is 6.08 Å². The van der Waals surface area contributed by atoms with Crippen LogP contribution in [0.1, 0.15) is 24.1 Å². The van der Waals surface area contributed by atoms with E-state index >= 15 is 0 Å². The van der Waals surface area contributed by atoms with E-state index in [-0.39, 0.29) is 17.3 Å². The second-order valence-corrected chi connectivity index (χ2v) is 6.03. The number of hydrogen-bond acceptors (Lipinski definition) is 5. The second-order valence-electron chi connectivity index (χ2n) is 5.60. The maximum Gasteiger partial charge on any atom is 0.331 e. The van der Waals surface area contributed by atoms with Gasteiger partial charge in [0.25, 0.3) is 11.6 Å². The smallest absolute Gasteiger partial charge is 0.331 e. The summed E-state index contributed by atoms with van der Waals surface area (Å²) < 4.78 is 4.85. The summed E-state index contributed by atoms with van der Waals surface area (Å²) in [6.07, 6.45) is 2.31. The van der Waals surface area contributed by atoms with Crippen molar-refractivity contribution in [2.24, 2.45) is 0 Å². The molecule has 0 fully saturated rings. The zero-order valence-corrected chi connectivity index (χ0v) is 15.2. The maximum absolute atomic E-state index is 11.9. The Morgan fingerprint density at radius 3 is 2.56 bits per heavy atom. The van der Waals surface area contributed by atoms with E-state index in [2.05, 4.69) is 5.32 Å². The lowest BCUT2D eigenvalue weighted by atomic mass is 10.1. The third kappa shape index (κ3) is 6.23. The highest BCUT2D eigenvalue weighted by Crippen LogP contribution is 2.19. The first kappa shape index (κ1) is 20.1. The number of para-hydroxylation sites is 1. The summed E-state index contributed by atoms with van der Waals surface area (Å²) in [4.78, 5) is 34.0. The highest BCUT2D eigenvalue weighted by molar-refractivity contribution is 6.30. The summed E-state index contributed by atoms with van der Waals surface area (Å²) in [5.41, 5.74) is 0.992. The Hall–Kier alpha value is -3.19. The van der Waals surface area contributed by atoms with Crippen LogP contribution in [0.4, 0.5) is 5.69 Å². The summed E-state index contributed by atoms with van der Waals surface area (Å²) in [6, 6.07) is 12.7. The van der Waals surface area contributed by atoms with Crippen LogP contribution in [0.5, 0.6) is 0 Å². The van der Waals surface area contributed by atoms with Gasteiger partial charge in [0.05, 0.1) is 16.5 Å². The van der Waals surface area contributed by atoms with Crippen LogP contribution in [-0.4, -0.2) is 23.4 Å². The monoisotopic (exact) mass is 388 g/mol. The molecule has 7 nitrogen and oxygen atoms in total. The number of hydrogen-bond donors (Lipinski definition) is 1. The Bertz CT molecular complexity index is 865.